The Morgan fingerprint density at radius 3 is 2.40 bits per heavy atom. The van der Waals surface area contributed by atoms with Crippen molar-refractivity contribution in [1.82, 2.24) is 4.90 Å². The first-order valence-electron chi connectivity index (χ1n) is 7.55. The van der Waals surface area contributed by atoms with Crippen LogP contribution in [0.1, 0.15) is 12.5 Å². The molecule has 0 aliphatic carbocycles. The fourth-order valence-corrected chi connectivity index (χ4v) is 3.83. The molecule has 0 aromatic heterocycles. The second kappa shape index (κ2) is 7.20. The normalized spacial score (nSPS) is 17.2. The lowest BCUT2D eigenvalue weighted by molar-refractivity contribution is -0.137. The molecule has 1 heterocycles. The van der Waals surface area contributed by atoms with E-state index in [0.717, 1.165) is 28.8 Å². The van der Waals surface area contributed by atoms with Gasteiger partial charge in [-0.25, -0.2) is 8.42 Å². The second-order valence-corrected chi connectivity index (χ2v) is 7.58. The average Bonchev–Trinajstić information content (AvgIpc) is 2.53. The van der Waals surface area contributed by atoms with Crippen molar-refractivity contribution in [3.8, 4) is 0 Å². The van der Waals surface area contributed by atoms with Gasteiger partial charge in [0.25, 0.3) is 0 Å². The summed E-state index contributed by atoms with van der Waals surface area (Å²) in [6, 6.07) is 2.75. The molecule has 10 heteroatoms. The third-order valence-corrected chi connectivity index (χ3v) is 5.06. The van der Waals surface area contributed by atoms with Gasteiger partial charge in [-0.1, -0.05) is 6.07 Å². The number of benzene rings is 1. The highest BCUT2D eigenvalue weighted by molar-refractivity contribution is 7.92. The lowest BCUT2D eigenvalue weighted by atomic mass is 10.1. The van der Waals surface area contributed by atoms with Crippen LogP contribution < -0.4 is 4.31 Å². The van der Waals surface area contributed by atoms with E-state index in [1.807, 2.05) is 0 Å². The number of rotatable bonds is 4. The topological polar surface area (TPSA) is 66.9 Å². The van der Waals surface area contributed by atoms with Gasteiger partial charge in [0.15, 0.2) is 0 Å². The molecule has 0 saturated carbocycles. The van der Waals surface area contributed by atoms with Gasteiger partial charge in [-0.3, -0.25) is 9.10 Å². The number of hydrogen-bond donors (Lipinski definition) is 0. The molecule has 1 aromatic rings. The minimum absolute atomic E-state index is 0.202. The maximum atomic E-state index is 12.9. The van der Waals surface area contributed by atoms with E-state index in [-0.39, 0.29) is 5.69 Å². The van der Waals surface area contributed by atoms with Crippen molar-refractivity contribution in [2.75, 3.05) is 36.9 Å². The van der Waals surface area contributed by atoms with Crippen molar-refractivity contribution >= 4 is 21.6 Å². The van der Waals surface area contributed by atoms with Crippen LogP contribution in [-0.2, 0) is 25.7 Å². The van der Waals surface area contributed by atoms with Crippen molar-refractivity contribution < 1.29 is 31.1 Å². The molecule has 1 saturated heterocycles. The van der Waals surface area contributed by atoms with Crippen LogP contribution in [0.5, 0.6) is 0 Å². The summed E-state index contributed by atoms with van der Waals surface area (Å²) in [5.41, 5.74) is -1.18. The molecule has 1 fully saturated rings. The summed E-state index contributed by atoms with van der Waals surface area (Å²) in [4.78, 5) is 14.0. The van der Waals surface area contributed by atoms with Crippen LogP contribution in [0.15, 0.2) is 24.3 Å². The SMILES string of the molecule is C[C@H](C(=O)N1CCOCC1)N(c1cccc(C(F)(F)F)c1)S(C)(=O)=O. The van der Waals surface area contributed by atoms with Gasteiger partial charge < -0.3 is 9.64 Å². The highest BCUT2D eigenvalue weighted by Crippen LogP contribution is 2.33. The number of nitrogens with zero attached hydrogens (tertiary/aromatic N) is 2. The maximum absolute atomic E-state index is 12.9. The Hall–Kier alpha value is -1.81. The summed E-state index contributed by atoms with van der Waals surface area (Å²) in [5.74, 6) is -0.480. The molecule has 0 N–H and O–H groups in total. The van der Waals surface area contributed by atoms with Crippen molar-refractivity contribution in [2.45, 2.75) is 19.1 Å². The number of ether oxygens (including phenoxy) is 1. The molecule has 1 aliphatic rings. The number of alkyl halides is 3. The van der Waals surface area contributed by atoms with E-state index in [9.17, 15) is 26.4 Å². The van der Waals surface area contributed by atoms with Crippen LogP contribution in [0.4, 0.5) is 18.9 Å². The van der Waals surface area contributed by atoms with Crippen molar-refractivity contribution in [1.29, 1.82) is 0 Å². The van der Waals surface area contributed by atoms with E-state index in [2.05, 4.69) is 0 Å². The molecule has 1 aliphatic heterocycles. The van der Waals surface area contributed by atoms with Crippen LogP contribution in [0.2, 0.25) is 0 Å². The minimum atomic E-state index is -4.61. The van der Waals surface area contributed by atoms with Gasteiger partial charge in [0, 0.05) is 13.1 Å². The predicted molar refractivity (Wildman–Crippen MR) is 85.6 cm³/mol. The van der Waals surface area contributed by atoms with Gasteiger partial charge in [0.1, 0.15) is 6.04 Å². The molecule has 25 heavy (non-hydrogen) atoms. The second-order valence-electron chi connectivity index (χ2n) is 5.72. The van der Waals surface area contributed by atoms with Crippen LogP contribution in [0.3, 0.4) is 0 Å². The Bertz CT molecular complexity index is 731. The van der Waals surface area contributed by atoms with Gasteiger partial charge in [0.05, 0.1) is 30.7 Å². The molecule has 1 atom stereocenters. The summed E-state index contributed by atoms with van der Waals surface area (Å²) in [7, 11) is -3.98. The molecule has 0 bridgehead atoms. The molecule has 2 rings (SSSR count). The monoisotopic (exact) mass is 380 g/mol. The molecule has 6 nitrogen and oxygen atoms in total. The highest BCUT2D eigenvalue weighted by Gasteiger charge is 2.35. The first-order chi connectivity index (χ1) is 11.5. The van der Waals surface area contributed by atoms with Crippen LogP contribution in [0, 0.1) is 0 Å². The standard InChI is InChI=1S/C15H19F3N2O4S/c1-11(14(21)19-6-8-24-9-7-19)20(25(2,22)23)13-5-3-4-12(10-13)15(16,17)18/h3-5,10-11H,6-9H2,1-2H3/t11-/m1/s1. The zero-order valence-electron chi connectivity index (χ0n) is 13.8. The van der Waals surface area contributed by atoms with Crippen LogP contribution >= 0.6 is 0 Å². The summed E-state index contributed by atoms with van der Waals surface area (Å²) in [5, 5.41) is 0. The fraction of sp³-hybridized carbons (Fsp3) is 0.533. The van der Waals surface area contributed by atoms with E-state index in [0.29, 0.717) is 26.3 Å². The molecular weight excluding hydrogens is 361 g/mol. The number of carbonyl (C=O) groups is 1. The molecule has 1 aromatic carbocycles. The summed E-state index contributed by atoms with van der Waals surface area (Å²) >= 11 is 0. The summed E-state index contributed by atoms with van der Waals surface area (Å²) in [6.45, 7) is 2.65. The van der Waals surface area contributed by atoms with Crippen molar-refractivity contribution in [2.24, 2.45) is 0 Å². The van der Waals surface area contributed by atoms with Gasteiger partial charge in [-0.2, -0.15) is 13.2 Å². The zero-order chi connectivity index (χ0) is 18.8. The lowest BCUT2D eigenvalue weighted by Gasteiger charge is -2.34. The quantitative estimate of drug-likeness (QED) is 0.798. The molecule has 0 unspecified atom stereocenters. The lowest BCUT2D eigenvalue weighted by Crippen LogP contribution is -2.52. The first-order valence-corrected chi connectivity index (χ1v) is 9.40. The largest absolute Gasteiger partial charge is 0.416 e. The van der Waals surface area contributed by atoms with Crippen molar-refractivity contribution in [3.05, 3.63) is 29.8 Å². The Morgan fingerprint density at radius 1 is 1.28 bits per heavy atom. The summed E-state index contributed by atoms with van der Waals surface area (Å²) < 4.78 is 69.0. The van der Waals surface area contributed by atoms with Gasteiger partial charge in [0.2, 0.25) is 15.9 Å². The summed E-state index contributed by atoms with van der Waals surface area (Å²) in [6.07, 6.45) is -3.76. The molecule has 0 spiro atoms. The third kappa shape index (κ3) is 4.63. The number of amides is 1. The van der Waals surface area contributed by atoms with Crippen LogP contribution in [0.25, 0.3) is 0 Å². The Balaban J connectivity index is 2.38. The average molecular weight is 380 g/mol. The molecule has 0 radical (unpaired) electrons. The Kier molecular flexibility index (Phi) is 5.62. The van der Waals surface area contributed by atoms with Gasteiger partial charge in [-0.15, -0.1) is 0 Å². The molecule has 1 amide bonds. The zero-order valence-corrected chi connectivity index (χ0v) is 14.6. The van der Waals surface area contributed by atoms with Gasteiger partial charge >= 0.3 is 6.18 Å². The smallest absolute Gasteiger partial charge is 0.378 e. The number of morpholine rings is 1. The van der Waals surface area contributed by atoms with E-state index >= 15 is 0 Å². The Labute approximate surface area is 144 Å². The maximum Gasteiger partial charge on any atom is 0.416 e. The number of hydrogen-bond acceptors (Lipinski definition) is 4. The van der Waals surface area contributed by atoms with Crippen molar-refractivity contribution in [3.63, 3.8) is 0 Å². The van der Waals surface area contributed by atoms with E-state index < -0.39 is 33.7 Å². The van der Waals surface area contributed by atoms with Crippen LogP contribution in [-0.4, -0.2) is 57.8 Å². The third-order valence-electron chi connectivity index (χ3n) is 3.82. The number of carbonyl (C=O) groups excluding carboxylic acids is 1. The molecular formula is C15H19F3N2O4S. The Morgan fingerprint density at radius 2 is 1.88 bits per heavy atom. The van der Waals surface area contributed by atoms with E-state index in [1.54, 1.807) is 0 Å². The van der Waals surface area contributed by atoms with Gasteiger partial charge in [-0.05, 0) is 25.1 Å². The predicted octanol–water partition coefficient (Wildman–Crippen LogP) is 1.72. The highest BCUT2D eigenvalue weighted by atomic mass is 32.2. The number of anilines is 1. The fourth-order valence-electron chi connectivity index (χ4n) is 2.67. The molecule has 140 valence electrons. The minimum Gasteiger partial charge on any atom is -0.378 e. The number of halogens is 3. The number of sulfonamides is 1. The van der Waals surface area contributed by atoms with E-state index in [4.69, 9.17) is 4.74 Å². The first kappa shape index (κ1) is 19.5. The van der Waals surface area contributed by atoms with E-state index in [1.165, 1.54) is 17.9 Å².